The fourth-order valence-corrected chi connectivity index (χ4v) is 8.39. The molecule has 0 aliphatic heterocycles. The van der Waals surface area contributed by atoms with E-state index < -0.39 is 0 Å². The van der Waals surface area contributed by atoms with Gasteiger partial charge in [0.15, 0.2) is 23.0 Å². The van der Waals surface area contributed by atoms with Gasteiger partial charge in [-0.2, -0.15) is 0 Å². The van der Waals surface area contributed by atoms with Crippen molar-refractivity contribution in [1.29, 1.82) is 0 Å². The first-order valence-corrected chi connectivity index (χ1v) is 26.2. The van der Waals surface area contributed by atoms with Crippen LogP contribution in [0.5, 0.6) is 28.7 Å². The Kier molecular flexibility index (Phi) is 27.4. The van der Waals surface area contributed by atoms with E-state index in [2.05, 4.69) is 103 Å². The molecule has 386 valence electrons. The van der Waals surface area contributed by atoms with E-state index in [1.54, 1.807) is 32.5 Å². The highest BCUT2D eigenvalue weighted by atomic mass is 16.5. The summed E-state index contributed by atoms with van der Waals surface area (Å²) in [6, 6.07) is 20.4. The summed E-state index contributed by atoms with van der Waals surface area (Å²) in [6.07, 6.45) is 24.4. The minimum atomic E-state index is 0.157. The number of hydrogen-bond donors (Lipinski definition) is 0. The van der Waals surface area contributed by atoms with Gasteiger partial charge in [0.05, 0.1) is 38.4 Å². The average Bonchev–Trinajstić information content (AvgIpc) is 3.38. The van der Waals surface area contributed by atoms with E-state index in [9.17, 15) is 0 Å². The van der Waals surface area contributed by atoms with Crippen LogP contribution in [0.2, 0.25) is 0 Å². The zero-order valence-corrected chi connectivity index (χ0v) is 46.0. The summed E-state index contributed by atoms with van der Waals surface area (Å²) in [5, 5.41) is 0. The lowest BCUT2D eigenvalue weighted by Crippen LogP contribution is -2.15. The predicted octanol–water partition coefficient (Wildman–Crippen LogP) is 16.6. The van der Waals surface area contributed by atoms with Crippen molar-refractivity contribution in [3.63, 3.8) is 0 Å². The van der Waals surface area contributed by atoms with Crippen LogP contribution in [-0.4, -0.2) is 45.0 Å². The minimum Gasteiger partial charge on any atom is -0.495 e. The molecule has 0 spiro atoms. The first-order chi connectivity index (χ1) is 34.5. The largest absolute Gasteiger partial charge is 0.495 e. The van der Waals surface area contributed by atoms with Crippen LogP contribution in [0.25, 0.3) is 0 Å². The monoisotopic (exact) mass is 970 g/mol. The average molecular weight is 970 g/mol. The number of nitrogens with zero attached hydrogens (tertiary/aromatic N) is 3. The van der Waals surface area contributed by atoms with E-state index in [1.165, 1.54) is 42.9 Å². The lowest BCUT2D eigenvalue weighted by atomic mass is 9.82. The maximum Gasteiger partial charge on any atom is 0.163 e. The predicted molar refractivity (Wildman–Crippen MR) is 298 cm³/mol. The number of aldehydes is 1. The molecule has 3 aromatic carbocycles. The third-order valence-corrected chi connectivity index (χ3v) is 13.3. The molecular formula is C62H87N3O6. The number of aliphatic imine (C=N–C) groups is 2. The summed E-state index contributed by atoms with van der Waals surface area (Å²) >= 11 is 0. The molecule has 0 amide bonds. The summed E-state index contributed by atoms with van der Waals surface area (Å²) in [5.41, 5.74) is 12.6. The molecule has 1 fully saturated rings. The Morgan fingerprint density at radius 2 is 1.28 bits per heavy atom. The van der Waals surface area contributed by atoms with Gasteiger partial charge in [-0.15, -0.1) is 0 Å². The fourth-order valence-electron chi connectivity index (χ4n) is 8.39. The normalized spacial score (nSPS) is 14.1. The van der Waals surface area contributed by atoms with Gasteiger partial charge < -0.3 is 28.5 Å². The molecule has 0 saturated heterocycles. The smallest absolute Gasteiger partial charge is 0.163 e. The SMILES string of the molecule is CC.CC=C1CCC1.CC=O.CCC1=C(CC(C=Nc2cc(OCc3nc(COc4cc(N=CC(CC)Cc5ccccc5CC)c(C)cc4OC)ccc3OC)c(OC)cc2C)C(C)CC)CCC=C1. The highest BCUT2D eigenvalue weighted by Crippen LogP contribution is 2.38. The van der Waals surface area contributed by atoms with Crippen LogP contribution in [0, 0.1) is 31.6 Å². The minimum absolute atomic E-state index is 0.157. The van der Waals surface area contributed by atoms with Crippen molar-refractivity contribution in [2.45, 2.75) is 160 Å². The topological polar surface area (TPSA) is 101 Å². The van der Waals surface area contributed by atoms with Crippen molar-refractivity contribution in [3.05, 3.63) is 129 Å². The molecule has 0 bridgehead atoms. The van der Waals surface area contributed by atoms with E-state index >= 15 is 0 Å². The zero-order chi connectivity index (χ0) is 52.1. The Morgan fingerprint density at radius 3 is 1.79 bits per heavy atom. The molecule has 1 saturated carbocycles. The molecule has 6 rings (SSSR count). The molecule has 4 aromatic rings. The van der Waals surface area contributed by atoms with Crippen LogP contribution in [0.3, 0.4) is 0 Å². The Labute approximate surface area is 429 Å². The van der Waals surface area contributed by atoms with Gasteiger partial charge in [0, 0.05) is 30.5 Å². The third kappa shape index (κ3) is 18.6. The molecule has 1 heterocycles. The number of allylic oxidation sites excluding steroid dienone is 6. The molecule has 3 unspecified atom stereocenters. The van der Waals surface area contributed by atoms with Crippen LogP contribution in [0.15, 0.2) is 106 Å². The highest BCUT2D eigenvalue weighted by Gasteiger charge is 2.20. The van der Waals surface area contributed by atoms with Crippen molar-refractivity contribution in [2.24, 2.45) is 27.7 Å². The van der Waals surface area contributed by atoms with E-state index in [4.69, 9.17) is 43.4 Å². The van der Waals surface area contributed by atoms with Crippen LogP contribution >= 0.6 is 0 Å². The first-order valence-electron chi connectivity index (χ1n) is 26.2. The Morgan fingerprint density at radius 1 is 0.690 bits per heavy atom. The molecule has 0 N–H and O–H groups in total. The molecule has 9 nitrogen and oxygen atoms in total. The Hall–Kier alpha value is -5.96. The van der Waals surface area contributed by atoms with Gasteiger partial charge in [-0.1, -0.05) is 109 Å². The number of ether oxygens (including phenoxy) is 5. The second kappa shape index (κ2) is 32.8. The highest BCUT2D eigenvalue weighted by molar-refractivity contribution is 5.70. The number of methoxy groups -OCH3 is 3. The number of carbonyl (C=O) groups is 1. The number of carbonyl (C=O) groups excluding carboxylic acids is 1. The van der Waals surface area contributed by atoms with E-state index in [0.717, 1.165) is 85.8 Å². The van der Waals surface area contributed by atoms with Crippen LogP contribution in [-0.2, 0) is 30.8 Å². The molecule has 9 heteroatoms. The lowest BCUT2D eigenvalue weighted by Gasteiger charge is -2.23. The second-order valence-corrected chi connectivity index (χ2v) is 17.9. The first kappa shape index (κ1) is 59.3. The number of pyridine rings is 1. The third-order valence-electron chi connectivity index (χ3n) is 13.3. The lowest BCUT2D eigenvalue weighted by molar-refractivity contribution is -0.106. The molecular weight excluding hydrogens is 883 g/mol. The number of hydrogen-bond acceptors (Lipinski definition) is 9. The van der Waals surface area contributed by atoms with Crippen molar-refractivity contribution in [1.82, 2.24) is 4.98 Å². The molecule has 2 aliphatic carbocycles. The van der Waals surface area contributed by atoms with E-state index in [-0.39, 0.29) is 13.2 Å². The number of aryl methyl sites for hydroxylation is 3. The standard InChI is InChI=1S/C52H67N3O5.C6H10.C2H4O.C2H6/c1-11-35(5)43(28-42-22-18-16-20-40(42)14-4)32-54-46-30-52(50(58-10)26-37(46)7)60-34-47-48(56-8)24-23-44(55-47)33-59-51-29-45(36(6)25-49(51)57-9)53-31-38(12-2)27-41-21-17-15-19-39(41)13-3;1-2-6-4-3-5-6;1-2-3;1-2/h15-17,19-21,23-26,29-32,35,38,43H,11-14,18,22,27-28,33-34H2,1-10H3;2H,3-5H2,1H3;2H,1H3;1-2H3. The maximum absolute atomic E-state index is 8.81. The quantitative estimate of drug-likeness (QED) is 0.0439. The van der Waals surface area contributed by atoms with E-state index in [0.29, 0.717) is 52.2 Å². The molecule has 3 atom stereocenters. The van der Waals surface area contributed by atoms with Gasteiger partial charge in [0.25, 0.3) is 0 Å². The van der Waals surface area contributed by atoms with Gasteiger partial charge in [0.2, 0.25) is 0 Å². The summed E-state index contributed by atoms with van der Waals surface area (Å²) in [5.74, 6) is 4.25. The van der Waals surface area contributed by atoms with Gasteiger partial charge in [0.1, 0.15) is 30.9 Å². The van der Waals surface area contributed by atoms with E-state index in [1.807, 2.05) is 57.2 Å². The molecule has 2 aliphatic rings. The summed E-state index contributed by atoms with van der Waals surface area (Å²) in [7, 11) is 4.94. The summed E-state index contributed by atoms with van der Waals surface area (Å²) < 4.78 is 30.0. The molecule has 0 radical (unpaired) electrons. The Balaban J connectivity index is 0.00000109. The van der Waals surface area contributed by atoms with Crippen molar-refractivity contribution < 1.29 is 28.5 Å². The number of rotatable bonds is 22. The van der Waals surface area contributed by atoms with Gasteiger partial charge in [-0.05, 0) is 156 Å². The van der Waals surface area contributed by atoms with Gasteiger partial charge in [-0.25, -0.2) is 4.98 Å². The van der Waals surface area contributed by atoms with Crippen molar-refractivity contribution in [3.8, 4) is 28.7 Å². The number of benzene rings is 3. The second-order valence-electron chi connectivity index (χ2n) is 17.9. The zero-order valence-electron chi connectivity index (χ0n) is 46.0. The Bertz CT molecular complexity index is 2390. The van der Waals surface area contributed by atoms with Crippen molar-refractivity contribution >= 4 is 30.1 Å². The molecule has 71 heavy (non-hydrogen) atoms. The van der Waals surface area contributed by atoms with Crippen molar-refractivity contribution in [2.75, 3.05) is 21.3 Å². The number of aromatic nitrogens is 1. The van der Waals surface area contributed by atoms with Gasteiger partial charge >= 0.3 is 0 Å². The summed E-state index contributed by atoms with van der Waals surface area (Å²) in [6.45, 7) is 23.3. The van der Waals surface area contributed by atoms with Crippen LogP contribution in [0.4, 0.5) is 11.4 Å². The molecule has 1 aromatic heterocycles. The van der Waals surface area contributed by atoms with Crippen LogP contribution < -0.4 is 23.7 Å². The van der Waals surface area contributed by atoms with Gasteiger partial charge in [-0.3, -0.25) is 9.98 Å². The summed E-state index contributed by atoms with van der Waals surface area (Å²) in [4.78, 5) is 23.8. The maximum atomic E-state index is 8.81. The van der Waals surface area contributed by atoms with Crippen LogP contribution in [0.1, 0.15) is 154 Å². The fraction of sp³-hybridized carbons (Fsp3) is 0.484.